The number of carbonyl (C=O) groups excluding carboxylic acids is 1. The van der Waals surface area contributed by atoms with Crippen molar-refractivity contribution in [3.05, 3.63) is 24.3 Å². The predicted octanol–water partition coefficient (Wildman–Crippen LogP) is 0.708. The van der Waals surface area contributed by atoms with Gasteiger partial charge < -0.3 is 14.8 Å². The van der Waals surface area contributed by atoms with Crippen LogP contribution in [0.3, 0.4) is 0 Å². The van der Waals surface area contributed by atoms with Crippen LogP contribution in [0.1, 0.15) is 0 Å². The van der Waals surface area contributed by atoms with Crippen LogP contribution in [0.2, 0.25) is 0 Å². The summed E-state index contributed by atoms with van der Waals surface area (Å²) in [6.45, 7) is 0.488. The molecule has 0 saturated carbocycles. The Morgan fingerprint density at radius 3 is 3.27 bits per heavy atom. The van der Waals surface area contributed by atoms with E-state index in [1.807, 2.05) is 0 Å². The number of alkyl carbamates (subject to hydrolysis) is 1. The fraction of sp³-hybridized carbons (Fsp3) is 0.333. The first-order valence-electron chi connectivity index (χ1n) is 4.43. The molecule has 1 aliphatic heterocycles. The predicted molar refractivity (Wildman–Crippen MR) is 48.0 cm³/mol. The molecule has 1 aromatic heterocycles. The van der Waals surface area contributed by atoms with Gasteiger partial charge in [-0.15, -0.1) is 0 Å². The van der Waals surface area contributed by atoms with E-state index in [0.29, 0.717) is 6.54 Å². The number of halogens is 1. The van der Waals surface area contributed by atoms with Crippen LogP contribution in [-0.4, -0.2) is 30.3 Å². The normalized spacial score (nSPS) is 19.5. The van der Waals surface area contributed by atoms with Crippen molar-refractivity contribution in [2.75, 3.05) is 13.2 Å². The molecule has 0 aliphatic carbocycles. The Morgan fingerprint density at radius 2 is 2.60 bits per heavy atom. The van der Waals surface area contributed by atoms with Crippen LogP contribution in [0.4, 0.5) is 9.18 Å². The highest BCUT2D eigenvalue weighted by Gasteiger charge is 2.23. The lowest BCUT2D eigenvalue weighted by molar-refractivity contribution is 0.103. The second-order valence-corrected chi connectivity index (χ2v) is 3.01. The molecule has 1 saturated heterocycles. The van der Waals surface area contributed by atoms with Crippen LogP contribution in [0.25, 0.3) is 0 Å². The molecule has 0 radical (unpaired) electrons. The minimum atomic E-state index is -0.671. The van der Waals surface area contributed by atoms with Crippen molar-refractivity contribution in [2.45, 2.75) is 6.10 Å². The van der Waals surface area contributed by atoms with E-state index in [0.717, 1.165) is 0 Å². The number of amides is 1. The van der Waals surface area contributed by atoms with Crippen LogP contribution in [-0.2, 0) is 4.74 Å². The molecule has 1 atom stereocenters. The molecule has 0 spiro atoms. The van der Waals surface area contributed by atoms with Crippen molar-refractivity contribution in [3.8, 4) is 5.75 Å². The zero-order valence-corrected chi connectivity index (χ0v) is 7.77. The maximum absolute atomic E-state index is 13.0. The zero-order chi connectivity index (χ0) is 10.7. The van der Waals surface area contributed by atoms with Gasteiger partial charge in [-0.2, -0.15) is 4.39 Å². The maximum atomic E-state index is 13.0. The molecule has 6 heteroatoms. The number of cyclic esters (lactones) is 1. The van der Waals surface area contributed by atoms with Gasteiger partial charge in [0.25, 0.3) is 5.95 Å². The third-order valence-electron chi connectivity index (χ3n) is 1.90. The third kappa shape index (κ3) is 2.34. The number of nitrogens with one attached hydrogen (secondary N) is 1. The van der Waals surface area contributed by atoms with Crippen LogP contribution in [0.15, 0.2) is 18.3 Å². The van der Waals surface area contributed by atoms with Gasteiger partial charge in [0, 0.05) is 6.20 Å². The first-order valence-corrected chi connectivity index (χ1v) is 4.43. The Bertz CT molecular complexity index is 372. The Hall–Kier alpha value is -1.85. The molecule has 1 N–H and O–H groups in total. The first-order chi connectivity index (χ1) is 7.25. The molecule has 15 heavy (non-hydrogen) atoms. The third-order valence-corrected chi connectivity index (χ3v) is 1.90. The Balaban J connectivity index is 1.88. The molecule has 1 unspecified atom stereocenters. The highest BCUT2D eigenvalue weighted by atomic mass is 19.1. The monoisotopic (exact) mass is 212 g/mol. The second kappa shape index (κ2) is 4.12. The highest BCUT2D eigenvalue weighted by Crippen LogP contribution is 2.13. The minimum Gasteiger partial charge on any atom is -0.485 e. The summed E-state index contributed by atoms with van der Waals surface area (Å²) in [5.74, 6) is -0.616. The highest BCUT2D eigenvalue weighted by molar-refractivity contribution is 5.69. The van der Waals surface area contributed by atoms with Gasteiger partial charge in [-0.1, -0.05) is 0 Å². The van der Waals surface area contributed by atoms with Crippen molar-refractivity contribution in [3.63, 3.8) is 0 Å². The van der Waals surface area contributed by atoms with Crippen LogP contribution < -0.4 is 10.1 Å². The van der Waals surface area contributed by atoms with Crippen molar-refractivity contribution in [1.29, 1.82) is 0 Å². The van der Waals surface area contributed by atoms with Crippen molar-refractivity contribution in [1.82, 2.24) is 10.3 Å². The number of nitrogens with zero attached hydrogens (tertiary/aromatic N) is 1. The van der Waals surface area contributed by atoms with Crippen LogP contribution in [0.5, 0.6) is 5.75 Å². The van der Waals surface area contributed by atoms with Crippen LogP contribution in [0, 0.1) is 5.95 Å². The Labute approximate surface area is 85.2 Å². The summed E-state index contributed by atoms with van der Waals surface area (Å²) in [6.07, 6.45) is 0.478. The van der Waals surface area contributed by atoms with Gasteiger partial charge >= 0.3 is 6.09 Å². The Kier molecular flexibility index (Phi) is 2.66. The number of hydrogen-bond acceptors (Lipinski definition) is 4. The zero-order valence-electron chi connectivity index (χ0n) is 7.77. The molecule has 0 aromatic carbocycles. The number of pyridine rings is 1. The molecule has 2 rings (SSSR count). The average molecular weight is 212 g/mol. The number of rotatable bonds is 3. The summed E-state index contributed by atoms with van der Waals surface area (Å²) in [4.78, 5) is 14.1. The van der Waals surface area contributed by atoms with Gasteiger partial charge in [0.2, 0.25) is 0 Å². The quantitative estimate of drug-likeness (QED) is 0.749. The SMILES string of the molecule is O=C1NCC(COc2cccnc2F)O1. The van der Waals surface area contributed by atoms with E-state index in [1.165, 1.54) is 12.3 Å². The lowest BCUT2D eigenvalue weighted by Gasteiger charge is -2.09. The van der Waals surface area contributed by atoms with Crippen molar-refractivity contribution < 1.29 is 18.7 Å². The summed E-state index contributed by atoms with van der Waals surface area (Å²) in [5, 5.41) is 2.47. The Morgan fingerprint density at radius 1 is 1.73 bits per heavy atom. The molecule has 80 valence electrons. The molecule has 1 aliphatic rings. The van der Waals surface area contributed by atoms with E-state index < -0.39 is 12.0 Å². The first kappa shape index (κ1) is 9.70. The standard InChI is InChI=1S/C9H9FN2O3/c10-8-7(2-1-3-11-8)14-5-6-4-12-9(13)15-6/h1-3,6H,4-5H2,(H,12,13). The fourth-order valence-corrected chi connectivity index (χ4v) is 1.19. The summed E-state index contributed by atoms with van der Waals surface area (Å²) < 4.78 is 22.9. The topological polar surface area (TPSA) is 60.5 Å². The van der Waals surface area contributed by atoms with Gasteiger partial charge in [0.15, 0.2) is 11.9 Å². The molecule has 1 aromatic rings. The number of hydrogen-bond donors (Lipinski definition) is 1. The smallest absolute Gasteiger partial charge is 0.407 e. The van der Waals surface area contributed by atoms with Gasteiger partial charge in [-0.3, -0.25) is 0 Å². The summed E-state index contributed by atoms with van der Waals surface area (Å²) in [6, 6.07) is 3.03. The number of carbonyl (C=O) groups is 1. The van der Waals surface area contributed by atoms with Gasteiger partial charge in [-0.05, 0) is 12.1 Å². The van der Waals surface area contributed by atoms with Gasteiger partial charge in [-0.25, -0.2) is 9.78 Å². The number of ether oxygens (including phenoxy) is 2. The summed E-state index contributed by atoms with van der Waals surface area (Å²) >= 11 is 0. The largest absolute Gasteiger partial charge is 0.485 e. The van der Waals surface area contributed by atoms with E-state index in [9.17, 15) is 9.18 Å². The van der Waals surface area contributed by atoms with E-state index in [-0.39, 0.29) is 18.5 Å². The molecule has 1 amide bonds. The molecular formula is C9H9FN2O3. The van der Waals surface area contributed by atoms with Crippen LogP contribution >= 0.6 is 0 Å². The van der Waals surface area contributed by atoms with Crippen molar-refractivity contribution in [2.24, 2.45) is 0 Å². The second-order valence-electron chi connectivity index (χ2n) is 3.01. The number of aromatic nitrogens is 1. The molecular weight excluding hydrogens is 203 g/mol. The minimum absolute atomic E-state index is 0.0560. The van der Waals surface area contributed by atoms with Gasteiger partial charge in [0.05, 0.1) is 6.54 Å². The molecule has 0 bridgehead atoms. The molecule has 2 heterocycles. The average Bonchev–Trinajstić information content (AvgIpc) is 2.63. The molecule has 5 nitrogen and oxygen atoms in total. The fourth-order valence-electron chi connectivity index (χ4n) is 1.19. The molecule has 1 fully saturated rings. The summed E-state index contributed by atoms with van der Waals surface area (Å²) in [7, 11) is 0. The van der Waals surface area contributed by atoms with E-state index >= 15 is 0 Å². The van der Waals surface area contributed by atoms with Gasteiger partial charge in [0.1, 0.15) is 6.61 Å². The van der Waals surface area contributed by atoms with Crippen molar-refractivity contribution >= 4 is 6.09 Å². The van der Waals surface area contributed by atoms with E-state index in [1.54, 1.807) is 6.07 Å². The van der Waals surface area contributed by atoms with E-state index in [2.05, 4.69) is 10.3 Å². The van der Waals surface area contributed by atoms with E-state index in [4.69, 9.17) is 9.47 Å². The lowest BCUT2D eigenvalue weighted by atomic mass is 10.4. The maximum Gasteiger partial charge on any atom is 0.407 e. The summed E-state index contributed by atoms with van der Waals surface area (Å²) in [5.41, 5.74) is 0. The lowest BCUT2D eigenvalue weighted by Crippen LogP contribution is -2.22.